The van der Waals surface area contributed by atoms with E-state index in [1.807, 2.05) is 30.3 Å². The van der Waals surface area contributed by atoms with Gasteiger partial charge in [-0.3, -0.25) is 0 Å². The van der Waals surface area contributed by atoms with Crippen molar-refractivity contribution < 1.29 is 29.5 Å². The van der Waals surface area contributed by atoms with Gasteiger partial charge < -0.3 is 34.8 Å². The van der Waals surface area contributed by atoms with Gasteiger partial charge >= 0.3 is 0 Å². The number of ether oxygens (including phenoxy) is 3. The lowest BCUT2D eigenvalue weighted by Gasteiger charge is -2.29. The van der Waals surface area contributed by atoms with E-state index in [2.05, 4.69) is 30.4 Å². The number of aliphatic hydroxyl groups is 3. The lowest BCUT2D eigenvalue weighted by molar-refractivity contribution is 0.0411. The molecule has 0 aliphatic carbocycles. The number of hydrogen-bond donors (Lipinski definition) is 4. The summed E-state index contributed by atoms with van der Waals surface area (Å²) in [6, 6.07) is 20.0. The number of nitrogens with one attached hydrogen (secondary N) is 1. The minimum atomic E-state index is -1.22. The van der Waals surface area contributed by atoms with Gasteiger partial charge in [-0.2, -0.15) is 0 Å². The number of hydrogen-bond acceptors (Lipinski definition) is 7. The predicted octanol–water partition coefficient (Wildman–Crippen LogP) is 3.06. The topological polar surface area (TPSA) is 100 Å². The summed E-state index contributed by atoms with van der Waals surface area (Å²) in [7, 11) is 3.10. The zero-order valence-corrected chi connectivity index (χ0v) is 19.9. The number of rotatable bonds is 12. The zero-order chi connectivity index (χ0) is 24.6. The molecule has 0 heterocycles. The molecule has 0 aliphatic heterocycles. The van der Waals surface area contributed by atoms with E-state index in [9.17, 15) is 15.3 Å². The molecule has 182 valence electrons. The average Bonchev–Trinajstić information content (AvgIpc) is 2.89. The summed E-state index contributed by atoms with van der Waals surface area (Å²) >= 11 is 0. The second-order valence-corrected chi connectivity index (χ2v) is 8.16. The Morgan fingerprint density at radius 3 is 2.00 bits per heavy atom. The van der Waals surface area contributed by atoms with Crippen LogP contribution in [0.5, 0.6) is 17.2 Å². The largest absolute Gasteiger partial charge is 0.496 e. The fourth-order valence-corrected chi connectivity index (χ4v) is 3.74. The van der Waals surface area contributed by atoms with Gasteiger partial charge in [-0.15, -0.1) is 0 Å². The van der Waals surface area contributed by atoms with Crippen molar-refractivity contribution in [2.45, 2.75) is 25.6 Å². The highest BCUT2D eigenvalue weighted by molar-refractivity contribution is 5.68. The summed E-state index contributed by atoms with van der Waals surface area (Å²) < 4.78 is 17.2. The highest BCUT2D eigenvalue weighted by Crippen LogP contribution is 2.35. The maximum absolute atomic E-state index is 9.58. The van der Waals surface area contributed by atoms with E-state index in [4.69, 9.17) is 14.2 Å². The van der Waals surface area contributed by atoms with Crippen LogP contribution in [0.2, 0.25) is 0 Å². The molecule has 0 saturated heterocycles. The maximum Gasteiger partial charge on any atom is 0.130 e. The maximum atomic E-state index is 9.58. The average molecular weight is 468 g/mol. The molecule has 7 heteroatoms. The Balaban J connectivity index is 1.81. The van der Waals surface area contributed by atoms with Gasteiger partial charge in [-0.05, 0) is 29.2 Å². The van der Waals surface area contributed by atoms with Crippen LogP contribution in [-0.4, -0.2) is 54.9 Å². The van der Waals surface area contributed by atoms with Gasteiger partial charge in [0.2, 0.25) is 0 Å². The zero-order valence-electron chi connectivity index (χ0n) is 19.9. The van der Waals surface area contributed by atoms with Crippen LogP contribution in [0.4, 0.5) is 0 Å². The molecule has 0 aliphatic rings. The molecule has 7 nitrogen and oxygen atoms in total. The lowest BCUT2D eigenvalue weighted by atomic mass is 9.97. The minimum Gasteiger partial charge on any atom is -0.496 e. The molecule has 4 N–H and O–H groups in total. The number of methoxy groups -OCH3 is 2. The van der Waals surface area contributed by atoms with Crippen molar-refractivity contribution >= 4 is 0 Å². The Labute approximate surface area is 200 Å². The van der Waals surface area contributed by atoms with E-state index >= 15 is 0 Å². The Bertz CT molecular complexity index is 1030. The first-order valence-corrected chi connectivity index (χ1v) is 11.1. The molecule has 3 aromatic rings. The van der Waals surface area contributed by atoms with E-state index in [0.29, 0.717) is 29.4 Å². The van der Waals surface area contributed by atoms with E-state index in [0.717, 1.165) is 16.7 Å². The SMILES string of the molecule is COc1cc(OCc2cccc(-c3ccccc3)c2C)cc(OC)c1CNC(CO)(CO)CO. The molecule has 0 saturated carbocycles. The molecule has 0 bridgehead atoms. The summed E-state index contributed by atoms with van der Waals surface area (Å²) in [5, 5.41) is 31.7. The summed E-state index contributed by atoms with van der Waals surface area (Å²) in [4.78, 5) is 0. The van der Waals surface area contributed by atoms with Crippen LogP contribution in [0.15, 0.2) is 60.7 Å². The normalized spacial score (nSPS) is 11.4. The smallest absolute Gasteiger partial charge is 0.130 e. The van der Waals surface area contributed by atoms with Crippen molar-refractivity contribution in [3.63, 3.8) is 0 Å². The summed E-state index contributed by atoms with van der Waals surface area (Å²) in [5.74, 6) is 1.64. The van der Waals surface area contributed by atoms with Crippen molar-refractivity contribution in [3.8, 4) is 28.4 Å². The first-order chi connectivity index (χ1) is 16.5. The van der Waals surface area contributed by atoms with Crippen LogP contribution in [-0.2, 0) is 13.2 Å². The van der Waals surface area contributed by atoms with Gasteiger partial charge in [0, 0.05) is 18.7 Å². The molecule has 0 radical (unpaired) electrons. The van der Waals surface area contributed by atoms with Crippen LogP contribution < -0.4 is 19.5 Å². The molecule has 0 spiro atoms. The first-order valence-electron chi connectivity index (χ1n) is 11.1. The van der Waals surface area contributed by atoms with Gasteiger partial charge in [0.05, 0.1) is 45.1 Å². The third kappa shape index (κ3) is 5.69. The van der Waals surface area contributed by atoms with Crippen molar-refractivity contribution in [3.05, 3.63) is 77.4 Å². The molecule has 0 fully saturated rings. The van der Waals surface area contributed by atoms with Crippen molar-refractivity contribution in [2.24, 2.45) is 0 Å². The summed E-state index contributed by atoms with van der Waals surface area (Å²) in [6.45, 7) is 1.39. The third-order valence-electron chi connectivity index (χ3n) is 6.05. The van der Waals surface area contributed by atoms with Crippen LogP contribution in [0.25, 0.3) is 11.1 Å². The van der Waals surface area contributed by atoms with Crippen molar-refractivity contribution in [1.29, 1.82) is 0 Å². The van der Waals surface area contributed by atoms with Crippen LogP contribution >= 0.6 is 0 Å². The Morgan fingerprint density at radius 1 is 0.824 bits per heavy atom. The highest BCUT2D eigenvalue weighted by atomic mass is 16.5. The van der Waals surface area contributed by atoms with E-state index < -0.39 is 25.4 Å². The van der Waals surface area contributed by atoms with Crippen LogP contribution in [0.1, 0.15) is 16.7 Å². The summed E-state index contributed by atoms with van der Waals surface area (Å²) in [5.41, 5.74) is 4.02. The van der Waals surface area contributed by atoms with Crippen LogP contribution in [0, 0.1) is 6.92 Å². The molecular formula is C27H33NO6. The van der Waals surface area contributed by atoms with E-state index in [1.54, 1.807) is 26.4 Å². The van der Waals surface area contributed by atoms with E-state index in [-0.39, 0.29) is 6.54 Å². The third-order valence-corrected chi connectivity index (χ3v) is 6.05. The van der Waals surface area contributed by atoms with Gasteiger partial charge in [0.15, 0.2) is 0 Å². The lowest BCUT2D eigenvalue weighted by Crippen LogP contribution is -2.54. The quantitative estimate of drug-likeness (QED) is 0.325. The molecule has 0 atom stereocenters. The fraction of sp³-hybridized carbons (Fsp3) is 0.333. The second-order valence-electron chi connectivity index (χ2n) is 8.16. The summed E-state index contributed by atoms with van der Waals surface area (Å²) in [6.07, 6.45) is 0. The monoisotopic (exact) mass is 467 g/mol. The molecule has 3 rings (SSSR count). The molecule has 34 heavy (non-hydrogen) atoms. The number of aliphatic hydroxyl groups excluding tert-OH is 3. The second kappa shape index (κ2) is 11.9. The van der Waals surface area contributed by atoms with Crippen molar-refractivity contribution in [2.75, 3.05) is 34.0 Å². The molecule has 0 unspecified atom stereocenters. The highest BCUT2D eigenvalue weighted by Gasteiger charge is 2.28. The van der Waals surface area contributed by atoms with Gasteiger partial charge in [-0.25, -0.2) is 0 Å². The Morgan fingerprint density at radius 2 is 1.44 bits per heavy atom. The van der Waals surface area contributed by atoms with Crippen molar-refractivity contribution in [1.82, 2.24) is 5.32 Å². The molecule has 3 aromatic carbocycles. The van der Waals surface area contributed by atoms with Gasteiger partial charge in [0.25, 0.3) is 0 Å². The van der Waals surface area contributed by atoms with E-state index in [1.165, 1.54) is 5.56 Å². The fourth-order valence-electron chi connectivity index (χ4n) is 3.74. The van der Waals surface area contributed by atoms with Crippen LogP contribution in [0.3, 0.4) is 0 Å². The molecule has 0 aromatic heterocycles. The standard InChI is InChI=1S/C27H33NO6/c1-19-21(10-7-11-23(19)20-8-5-4-6-9-20)15-34-22-12-25(32-2)24(26(13-22)33-3)14-28-27(16-29,17-30)18-31/h4-13,28-31H,14-18H2,1-3H3. The molecular weight excluding hydrogens is 434 g/mol. The molecule has 0 amide bonds. The Hall–Kier alpha value is -3.10. The van der Waals surface area contributed by atoms with Gasteiger partial charge in [0.1, 0.15) is 23.9 Å². The Kier molecular flexibility index (Phi) is 8.90. The minimum absolute atomic E-state index is 0.201. The number of benzene rings is 3. The first kappa shape index (κ1) is 25.5. The predicted molar refractivity (Wildman–Crippen MR) is 131 cm³/mol. The van der Waals surface area contributed by atoms with Gasteiger partial charge in [-0.1, -0.05) is 48.5 Å².